The van der Waals surface area contributed by atoms with Crippen LogP contribution in [0.4, 0.5) is 0 Å². The van der Waals surface area contributed by atoms with Crippen LogP contribution in [0, 0.1) is 13.8 Å². The number of hydrogen-bond acceptors (Lipinski definition) is 6. The highest BCUT2D eigenvalue weighted by molar-refractivity contribution is 5.94. The maximum Gasteiger partial charge on any atom is 0.307 e. The van der Waals surface area contributed by atoms with Crippen molar-refractivity contribution in [2.75, 3.05) is 7.11 Å². The molecule has 7 heteroatoms. The lowest BCUT2D eigenvalue weighted by molar-refractivity contribution is -0.141. The molecule has 0 aliphatic carbocycles. The summed E-state index contributed by atoms with van der Waals surface area (Å²) < 4.78 is 15.7. The van der Waals surface area contributed by atoms with E-state index in [4.69, 9.17) is 14.0 Å². The fraction of sp³-hybridized carbons (Fsp3) is 0.261. The summed E-state index contributed by atoms with van der Waals surface area (Å²) in [6.45, 7) is 4.03. The van der Waals surface area contributed by atoms with E-state index in [0.29, 0.717) is 17.9 Å². The molecule has 30 heavy (non-hydrogen) atoms. The highest BCUT2D eigenvalue weighted by Crippen LogP contribution is 2.20. The van der Waals surface area contributed by atoms with Gasteiger partial charge in [-0.3, -0.25) is 9.59 Å². The molecule has 0 fully saturated rings. The number of nitrogens with zero attached hydrogens (tertiary/aromatic N) is 1. The van der Waals surface area contributed by atoms with Gasteiger partial charge in [-0.1, -0.05) is 35.5 Å². The molecule has 1 unspecified atom stereocenters. The second-order valence-corrected chi connectivity index (χ2v) is 6.83. The fourth-order valence-corrected chi connectivity index (χ4v) is 3.00. The molecular formula is C23H24N2O5. The lowest BCUT2D eigenvalue weighted by Gasteiger charge is -2.18. The van der Waals surface area contributed by atoms with Gasteiger partial charge in [-0.25, -0.2) is 0 Å². The number of esters is 1. The average molecular weight is 408 g/mol. The maximum atomic E-state index is 12.7. The average Bonchev–Trinajstić information content (AvgIpc) is 3.09. The van der Waals surface area contributed by atoms with Crippen LogP contribution in [0.2, 0.25) is 0 Å². The van der Waals surface area contributed by atoms with E-state index in [1.165, 1.54) is 7.11 Å². The summed E-state index contributed by atoms with van der Waals surface area (Å²) in [5.41, 5.74) is 2.99. The molecule has 156 valence electrons. The molecule has 0 spiro atoms. The Morgan fingerprint density at radius 1 is 1.07 bits per heavy atom. The Morgan fingerprint density at radius 2 is 1.77 bits per heavy atom. The summed E-state index contributed by atoms with van der Waals surface area (Å²) >= 11 is 0. The van der Waals surface area contributed by atoms with Crippen molar-refractivity contribution >= 4 is 11.9 Å². The van der Waals surface area contributed by atoms with E-state index in [1.807, 2.05) is 44.2 Å². The van der Waals surface area contributed by atoms with E-state index < -0.39 is 12.0 Å². The van der Waals surface area contributed by atoms with E-state index in [9.17, 15) is 9.59 Å². The van der Waals surface area contributed by atoms with Gasteiger partial charge in [0.2, 0.25) is 0 Å². The Kier molecular flexibility index (Phi) is 6.85. The zero-order valence-electron chi connectivity index (χ0n) is 17.2. The molecule has 0 radical (unpaired) electrons. The van der Waals surface area contributed by atoms with Crippen LogP contribution in [-0.4, -0.2) is 24.1 Å². The monoisotopic (exact) mass is 408 g/mol. The Labute approximate surface area is 175 Å². The normalized spacial score (nSPS) is 11.6. The minimum absolute atomic E-state index is 0.0465. The van der Waals surface area contributed by atoms with Crippen LogP contribution in [0.3, 0.4) is 0 Å². The van der Waals surface area contributed by atoms with E-state index in [2.05, 4.69) is 10.5 Å². The van der Waals surface area contributed by atoms with Gasteiger partial charge in [0, 0.05) is 5.56 Å². The SMILES string of the molecule is COC(=O)CC(NC(=O)c1ccc(OCc2c(C)noc2C)cc1)c1ccccc1. The number of hydrogen-bond donors (Lipinski definition) is 1. The Morgan fingerprint density at radius 3 is 2.37 bits per heavy atom. The first-order chi connectivity index (χ1) is 14.5. The summed E-state index contributed by atoms with van der Waals surface area (Å²) in [5.74, 6) is 0.666. The molecule has 1 aromatic heterocycles. The van der Waals surface area contributed by atoms with Gasteiger partial charge < -0.3 is 19.3 Å². The number of aromatic nitrogens is 1. The van der Waals surface area contributed by atoms with Crippen molar-refractivity contribution in [2.45, 2.75) is 32.9 Å². The number of amides is 1. The zero-order valence-corrected chi connectivity index (χ0v) is 17.2. The lowest BCUT2D eigenvalue weighted by Crippen LogP contribution is -2.30. The van der Waals surface area contributed by atoms with Gasteiger partial charge in [0.25, 0.3) is 5.91 Å². The Balaban J connectivity index is 1.65. The molecule has 2 aromatic carbocycles. The Hall–Kier alpha value is -3.61. The summed E-state index contributed by atoms with van der Waals surface area (Å²) in [6, 6.07) is 15.6. The molecule has 0 saturated heterocycles. The largest absolute Gasteiger partial charge is 0.489 e. The van der Waals surface area contributed by atoms with Crippen molar-refractivity contribution < 1.29 is 23.6 Å². The first-order valence-corrected chi connectivity index (χ1v) is 9.55. The van der Waals surface area contributed by atoms with E-state index >= 15 is 0 Å². The summed E-state index contributed by atoms with van der Waals surface area (Å²) in [7, 11) is 1.33. The highest BCUT2D eigenvalue weighted by Gasteiger charge is 2.19. The maximum absolute atomic E-state index is 12.7. The van der Waals surface area contributed by atoms with Gasteiger partial charge in [0.1, 0.15) is 18.1 Å². The molecule has 0 bridgehead atoms. The number of carbonyl (C=O) groups is 2. The first-order valence-electron chi connectivity index (χ1n) is 9.55. The molecule has 1 atom stereocenters. The van der Waals surface area contributed by atoms with Gasteiger partial charge in [0.15, 0.2) is 0 Å². The number of methoxy groups -OCH3 is 1. The van der Waals surface area contributed by atoms with Crippen molar-refractivity contribution in [3.05, 3.63) is 82.7 Å². The molecule has 3 rings (SSSR count). The fourth-order valence-electron chi connectivity index (χ4n) is 3.00. The zero-order chi connectivity index (χ0) is 21.5. The van der Waals surface area contributed by atoms with Gasteiger partial charge in [-0.15, -0.1) is 0 Å². The first kappa shape index (κ1) is 21.1. The van der Waals surface area contributed by atoms with Gasteiger partial charge in [-0.05, 0) is 43.7 Å². The van der Waals surface area contributed by atoms with Crippen molar-refractivity contribution in [3.63, 3.8) is 0 Å². The molecule has 3 aromatic rings. The number of rotatable bonds is 8. The lowest BCUT2D eigenvalue weighted by atomic mass is 10.0. The van der Waals surface area contributed by atoms with E-state index in [1.54, 1.807) is 24.3 Å². The number of ether oxygens (including phenoxy) is 2. The third kappa shape index (κ3) is 5.26. The van der Waals surface area contributed by atoms with Crippen LogP contribution in [0.25, 0.3) is 0 Å². The summed E-state index contributed by atoms with van der Waals surface area (Å²) in [5, 5.41) is 6.81. The minimum atomic E-state index is -0.485. The molecular weight excluding hydrogens is 384 g/mol. The van der Waals surface area contributed by atoms with Crippen molar-refractivity contribution in [1.29, 1.82) is 0 Å². The van der Waals surface area contributed by atoms with Crippen LogP contribution in [0.5, 0.6) is 5.75 Å². The van der Waals surface area contributed by atoms with Crippen LogP contribution >= 0.6 is 0 Å². The number of benzene rings is 2. The second kappa shape index (κ2) is 9.73. The Bertz CT molecular complexity index is 977. The number of aryl methyl sites for hydroxylation is 2. The molecule has 0 aliphatic rings. The third-order valence-corrected chi connectivity index (χ3v) is 4.79. The number of carbonyl (C=O) groups excluding carboxylic acids is 2. The van der Waals surface area contributed by atoms with Crippen LogP contribution in [0.1, 0.15) is 45.4 Å². The van der Waals surface area contributed by atoms with E-state index in [-0.39, 0.29) is 12.3 Å². The van der Waals surface area contributed by atoms with Crippen LogP contribution in [-0.2, 0) is 16.1 Å². The van der Waals surface area contributed by atoms with Crippen molar-refractivity contribution in [1.82, 2.24) is 10.5 Å². The molecule has 1 heterocycles. The van der Waals surface area contributed by atoms with Crippen LogP contribution in [0.15, 0.2) is 59.1 Å². The number of nitrogens with one attached hydrogen (secondary N) is 1. The van der Waals surface area contributed by atoms with Gasteiger partial charge >= 0.3 is 5.97 Å². The standard InChI is InChI=1S/C23H24N2O5/c1-15-20(16(2)30-25-15)14-29-19-11-9-18(10-12-19)23(27)24-21(13-22(26)28-3)17-7-5-4-6-8-17/h4-12,21H,13-14H2,1-3H3,(H,24,27). The molecule has 1 amide bonds. The van der Waals surface area contributed by atoms with Gasteiger partial charge in [0.05, 0.1) is 30.8 Å². The molecule has 7 nitrogen and oxygen atoms in total. The van der Waals surface area contributed by atoms with Crippen LogP contribution < -0.4 is 10.1 Å². The predicted octanol–water partition coefficient (Wildman–Crippen LogP) is 3.90. The smallest absolute Gasteiger partial charge is 0.307 e. The summed E-state index contributed by atoms with van der Waals surface area (Å²) in [6.07, 6.45) is 0.0465. The molecule has 0 saturated carbocycles. The van der Waals surface area contributed by atoms with Crippen molar-refractivity contribution in [2.24, 2.45) is 0 Å². The third-order valence-electron chi connectivity index (χ3n) is 4.79. The summed E-state index contributed by atoms with van der Waals surface area (Å²) in [4.78, 5) is 24.5. The van der Waals surface area contributed by atoms with Crippen molar-refractivity contribution in [3.8, 4) is 5.75 Å². The minimum Gasteiger partial charge on any atom is -0.489 e. The second-order valence-electron chi connectivity index (χ2n) is 6.83. The molecule has 1 N–H and O–H groups in total. The van der Waals surface area contributed by atoms with E-state index in [0.717, 1.165) is 22.6 Å². The molecule has 0 aliphatic heterocycles. The van der Waals surface area contributed by atoms with Gasteiger partial charge in [-0.2, -0.15) is 0 Å². The highest BCUT2D eigenvalue weighted by atomic mass is 16.5. The quantitative estimate of drug-likeness (QED) is 0.569. The predicted molar refractivity (Wildman–Crippen MR) is 110 cm³/mol. The topological polar surface area (TPSA) is 90.7 Å².